The maximum absolute atomic E-state index is 12.2. The van der Waals surface area contributed by atoms with Crippen LogP contribution < -0.4 is 5.43 Å². The Kier molecular flexibility index (Phi) is 5.17. The fraction of sp³-hybridized carbons (Fsp3) is 0. The highest BCUT2D eigenvalue weighted by Crippen LogP contribution is 2.17. The summed E-state index contributed by atoms with van der Waals surface area (Å²) in [6.07, 6.45) is 0. The third-order valence-corrected chi connectivity index (χ3v) is 3.31. The molecule has 23 heavy (non-hydrogen) atoms. The molecule has 1 N–H and O–H groups in total. The number of hydrazone groups is 1. The van der Waals surface area contributed by atoms with Crippen LogP contribution in [0.15, 0.2) is 58.1 Å². The second kappa shape index (κ2) is 7.29. The minimum absolute atomic E-state index is 0.122. The molecule has 0 amide bonds. The van der Waals surface area contributed by atoms with Gasteiger partial charge in [0.15, 0.2) is 0 Å². The van der Waals surface area contributed by atoms with Crippen LogP contribution >= 0.6 is 15.9 Å². The second-order valence-corrected chi connectivity index (χ2v) is 5.24. The molecule has 0 heterocycles. The molecule has 0 fully saturated rings. The molecule has 0 bridgehead atoms. The fourth-order valence-electron chi connectivity index (χ4n) is 1.67. The number of nitro benzene ring substituents is 1. The van der Waals surface area contributed by atoms with Gasteiger partial charge in [-0.05, 0) is 30.3 Å². The van der Waals surface area contributed by atoms with Gasteiger partial charge in [-0.3, -0.25) is 20.3 Å². The standard InChI is InChI=1S/C15H9BrN4O3/c16-11-6-4-10(5-7-11)15(21)14(9-17)19-18-12-2-1-3-13(8-12)20(22)23/h1-8,18H. The van der Waals surface area contributed by atoms with E-state index in [9.17, 15) is 14.9 Å². The predicted molar refractivity (Wildman–Crippen MR) is 88.2 cm³/mol. The average molecular weight is 373 g/mol. The number of nitriles is 1. The molecule has 114 valence electrons. The molecule has 2 aromatic carbocycles. The van der Waals surface area contributed by atoms with Gasteiger partial charge in [-0.25, -0.2) is 0 Å². The van der Waals surface area contributed by atoms with Crippen molar-refractivity contribution < 1.29 is 9.72 Å². The van der Waals surface area contributed by atoms with Gasteiger partial charge in [0.25, 0.3) is 5.69 Å². The van der Waals surface area contributed by atoms with Crippen LogP contribution in [0.25, 0.3) is 0 Å². The maximum atomic E-state index is 12.2. The zero-order valence-corrected chi connectivity index (χ0v) is 13.1. The molecular formula is C15H9BrN4O3. The van der Waals surface area contributed by atoms with Gasteiger partial charge < -0.3 is 0 Å². The number of benzene rings is 2. The van der Waals surface area contributed by atoms with E-state index in [0.717, 1.165) is 4.47 Å². The summed E-state index contributed by atoms with van der Waals surface area (Å²) >= 11 is 3.25. The Labute approximate surface area is 139 Å². The van der Waals surface area contributed by atoms with Crippen LogP contribution in [0.3, 0.4) is 0 Å². The molecule has 0 aliphatic rings. The van der Waals surface area contributed by atoms with Crippen LogP contribution in [0.1, 0.15) is 10.4 Å². The number of nitrogens with zero attached hydrogens (tertiary/aromatic N) is 3. The number of ketones is 1. The number of hydrogen-bond donors (Lipinski definition) is 1. The Hall–Kier alpha value is -3.05. The summed E-state index contributed by atoms with van der Waals surface area (Å²) in [6.45, 7) is 0. The van der Waals surface area contributed by atoms with E-state index in [2.05, 4.69) is 26.5 Å². The van der Waals surface area contributed by atoms with Crippen molar-refractivity contribution >= 4 is 38.8 Å². The lowest BCUT2D eigenvalue weighted by molar-refractivity contribution is -0.384. The summed E-state index contributed by atoms with van der Waals surface area (Å²) in [5.74, 6) is -0.544. The molecule has 0 unspecified atom stereocenters. The Bertz CT molecular complexity index is 825. The maximum Gasteiger partial charge on any atom is 0.271 e. The first kappa shape index (κ1) is 16.3. The van der Waals surface area contributed by atoms with E-state index in [1.54, 1.807) is 30.3 Å². The summed E-state index contributed by atoms with van der Waals surface area (Å²) in [4.78, 5) is 22.3. The fourth-order valence-corrected chi connectivity index (χ4v) is 1.94. The van der Waals surface area contributed by atoms with Crippen molar-refractivity contribution in [1.82, 2.24) is 0 Å². The largest absolute Gasteiger partial charge is 0.286 e. The van der Waals surface area contributed by atoms with E-state index < -0.39 is 10.7 Å². The summed E-state index contributed by atoms with van der Waals surface area (Å²) in [6, 6.07) is 13.8. The van der Waals surface area contributed by atoms with Gasteiger partial charge in [0.05, 0.1) is 10.6 Å². The van der Waals surface area contributed by atoms with Crippen LogP contribution in [0, 0.1) is 21.4 Å². The summed E-state index contributed by atoms with van der Waals surface area (Å²) in [5, 5.41) is 23.5. The topological polar surface area (TPSA) is 108 Å². The van der Waals surface area contributed by atoms with Crippen molar-refractivity contribution in [3.63, 3.8) is 0 Å². The number of carbonyl (C=O) groups excluding carboxylic acids is 1. The monoisotopic (exact) mass is 372 g/mol. The smallest absolute Gasteiger partial charge is 0.271 e. The Morgan fingerprint density at radius 3 is 2.57 bits per heavy atom. The summed E-state index contributed by atoms with van der Waals surface area (Å²) in [5.41, 5.74) is 2.63. The molecule has 0 atom stereocenters. The van der Waals surface area contributed by atoms with Crippen LogP contribution in [-0.4, -0.2) is 16.4 Å². The number of nitrogens with one attached hydrogen (secondary N) is 1. The van der Waals surface area contributed by atoms with E-state index in [1.165, 1.54) is 24.3 Å². The SMILES string of the molecule is N#CC(=NNc1cccc([N+](=O)[O-])c1)C(=O)c1ccc(Br)cc1. The highest BCUT2D eigenvalue weighted by Gasteiger charge is 2.14. The van der Waals surface area contributed by atoms with Gasteiger partial charge >= 0.3 is 0 Å². The summed E-state index contributed by atoms with van der Waals surface area (Å²) in [7, 11) is 0. The van der Waals surface area contributed by atoms with Gasteiger partial charge in [-0.2, -0.15) is 10.4 Å². The number of halogens is 1. The van der Waals surface area contributed by atoms with Gasteiger partial charge in [0.1, 0.15) is 6.07 Å². The molecule has 2 aromatic rings. The van der Waals surface area contributed by atoms with Gasteiger partial charge in [-0.1, -0.05) is 22.0 Å². The highest BCUT2D eigenvalue weighted by molar-refractivity contribution is 9.10. The molecule has 0 aliphatic heterocycles. The molecular weight excluding hydrogens is 364 g/mol. The lowest BCUT2D eigenvalue weighted by Gasteiger charge is -2.02. The van der Waals surface area contributed by atoms with Crippen molar-refractivity contribution in [2.75, 3.05) is 5.43 Å². The minimum atomic E-state index is -0.549. The Balaban J connectivity index is 2.21. The number of non-ortho nitro benzene ring substituents is 1. The Morgan fingerprint density at radius 1 is 1.26 bits per heavy atom. The van der Waals surface area contributed by atoms with E-state index in [-0.39, 0.29) is 11.4 Å². The molecule has 7 nitrogen and oxygen atoms in total. The molecule has 2 rings (SSSR count). The number of hydrogen-bond acceptors (Lipinski definition) is 6. The third kappa shape index (κ3) is 4.21. The lowest BCUT2D eigenvalue weighted by Crippen LogP contribution is -2.14. The van der Waals surface area contributed by atoms with Crippen LogP contribution in [-0.2, 0) is 0 Å². The number of Topliss-reactive ketones (excluding diaryl/α,β-unsaturated/α-hetero) is 1. The molecule has 0 saturated heterocycles. The van der Waals surface area contributed by atoms with E-state index in [4.69, 9.17) is 5.26 Å². The predicted octanol–water partition coefficient (Wildman–Crippen LogP) is 3.53. The average Bonchev–Trinajstić information content (AvgIpc) is 2.56. The van der Waals surface area contributed by atoms with Crippen LogP contribution in [0.4, 0.5) is 11.4 Å². The first-order valence-electron chi connectivity index (χ1n) is 6.30. The molecule has 0 radical (unpaired) electrons. The van der Waals surface area contributed by atoms with Gasteiger partial charge in [0.2, 0.25) is 11.5 Å². The Morgan fingerprint density at radius 2 is 1.96 bits per heavy atom. The number of nitro groups is 1. The van der Waals surface area contributed by atoms with Crippen molar-refractivity contribution in [2.24, 2.45) is 5.10 Å². The van der Waals surface area contributed by atoms with Crippen LogP contribution in [0.5, 0.6) is 0 Å². The van der Waals surface area contributed by atoms with Crippen molar-refractivity contribution in [1.29, 1.82) is 5.26 Å². The quantitative estimate of drug-likeness (QED) is 0.373. The lowest BCUT2D eigenvalue weighted by atomic mass is 10.1. The summed E-state index contributed by atoms with van der Waals surface area (Å²) < 4.78 is 0.805. The molecule has 0 aromatic heterocycles. The normalized spacial score (nSPS) is 10.7. The highest BCUT2D eigenvalue weighted by atomic mass is 79.9. The number of rotatable bonds is 5. The minimum Gasteiger partial charge on any atom is -0.286 e. The van der Waals surface area contributed by atoms with Gasteiger partial charge in [0, 0.05) is 22.2 Å². The van der Waals surface area contributed by atoms with E-state index in [0.29, 0.717) is 11.3 Å². The molecule has 0 spiro atoms. The molecule has 8 heteroatoms. The van der Waals surface area contributed by atoms with E-state index >= 15 is 0 Å². The molecule has 0 saturated carbocycles. The molecule has 0 aliphatic carbocycles. The first-order valence-corrected chi connectivity index (χ1v) is 7.09. The third-order valence-electron chi connectivity index (χ3n) is 2.78. The zero-order valence-electron chi connectivity index (χ0n) is 11.6. The van der Waals surface area contributed by atoms with Crippen molar-refractivity contribution in [3.05, 3.63) is 68.7 Å². The number of anilines is 1. The second-order valence-electron chi connectivity index (χ2n) is 4.33. The number of carbonyl (C=O) groups is 1. The zero-order chi connectivity index (χ0) is 16.8. The van der Waals surface area contributed by atoms with E-state index in [1.807, 2.05) is 0 Å². The van der Waals surface area contributed by atoms with Crippen LogP contribution in [0.2, 0.25) is 0 Å². The van der Waals surface area contributed by atoms with Crippen molar-refractivity contribution in [3.8, 4) is 6.07 Å². The van der Waals surface area contributed by atoms with Crippen molar-refractivity contribution in [2.45, 2.75) is 0 Å². The first-order chi connectivity index (χ1) is 11.0. The van der Waals surface area contributed by atoms with Gasteiger partial charge in [-0.15, -0.1) is 0 Å².